The zero-order valence-electron chi connectivity index (χ0n) is 18.0. The Bertz CT molecular complexity index is 1000. The van der Waals surface area contributed by atoms with E-state index in [9.17, 15) is 5.11 Å². The minimum absolute atomic E-state index is 0.0383. The van der Waals surface area contributed by atoms with E-state index >= 15 is 0 Å². The summed E-state index contributed by atoms with van der Waals surface area (Å²) in [6.45, 7) is 7.87. The lowest BCUT2D eigenvalue weighted by molar-refractivity contribution is 0.0531. The molecule has 3 aromatic rings. The van der Waals surface area contributed by atoms with Gasteiger partial charge < -0.3 is 19.5 Å². The second-order valence-corrected chi connectivity index (χ2v) is 7.24. The van der Waals surface area contributed by atoms with E-state index in [1.165, 1.54) is 5.56 Å². The van der Waals surface area contributed by atoms with E-state index in [1.807, 2.05) is 26.0 Å². The fourth-order valence-electron chi connectivity index (χ4n) is 3.42. The lowest BCUT2D eigenvalue weighted by Gasteiger charge is -2.16. The number of ether oxygens (including phenoxy) is 1. The van der Waals surface area contributed by atoms with Crippen LogP contribution in [-0.4, -0.2) is 44.7 Å². The minimum atomic E-state index is -0.908. The van der Waals surface area contributed by atoms with Crippen molar-refractivity contribution in [2.75, 3.05) is 13.2 Å². The third kappa shape index (κ3) is 4.68. The molecule has 7 heteroatoms. The van der Waals surface area contributed by atoms with Crippen molar-refractivity contribution < 1.29 is 19.5 Å². The van der Waals surface area contributed by atoms with Crippen LogP contribution in [-0.2, 0) is 19.3 Å². The molecular formula is C23H29N3O4. The number of aliphatic hydroxyl groups excluding tert-OH is 2. The van der Waals surface area contributed by atoms with Crippen molar-refractivity contribution in [3.63, 3.8) is 0 Å². The molecule has 0 unspecified atom stereocenters. The highest BCUT2D eigenvalue weighted by molar-refractivity contribution is 5.64. The van der Waals surface area contributed by atoms with Crippen LogP contribution < -0.4 is 4.74 Å². The van der Waals surface area contributed by atoms with Gasteiger partial charge in [0.15, 0.2) is 0 Å². The molecule has 0 aliphatic carbocycles. The SMILES string of the molecule is CCc1cc(-c2nc(-c3cc(C)c(OC[C@@H](O)CO)c(CC)c3)no2)cnc1CC. The van der Waals surface area contributed by atoms with E-state index in [1.54, 1.807) is 6.20 Å². The summed E-state index contributed by atoms with van der Waals surface area (Å²) < 4.78 is 11.3. The molecule has 0 saturated carbocycles. The first-order valence-corrected chi connectivity index (χ1v) is 10.4. The summed E-state index contributed by atoms with van der Waals surface area (Å²) in [6, 6.07) is 5.97. The van der Waals surface area contributed by atoms with Gasteiger partial charge in [-0.3, -0.25) is 4.98 Å². The summed E-state index contributed by atoms with van der Waals surface area (Å²) in [5, 5.41) is 22.7. The van der Waals surface area contributed by atoms with Gasteiger partial charge in [-0.15, -0.1) is 0 Å². The Hall–Kier alpha value is -2.77. The van der Waals surface area contributed by atoms with Gasteiger partial charge in [0.25, 0.3) is 5.89 Å². The molecule has 7 nitrogen and oxygen atoms in total. The van der Waals surface area contributed by atoms with Crippen LogP contribution in [0.1, 0.15) is 43.2 Å². The molecule has 30 heavy (non-hydrogen) atoms. The average Bonchev–Trinajstić information content (AvgIpc) is 3.27. The Kier molecular flexibility index (Phi) is 7.18. The molecule has 0 radical (unpaired) electrons. The average molecular weight is 412 g/mol. The summed E-state index contributed by atoms with van der Waals surface area (Å²) >= 11 is 0. The van der Waals surface area contributed by atoms with Crippen LogP contribution in [0, 0.1) is 6.92 Å². The molecule has 0 aliphatic rings. The number of hydrogen-bond acceptors (Lipinski definition) is 7. The van der Waals surface area contributed by atoms with Crippen LogP contribution in [0.3, 0.4) is 0 Å². The number of aromatic nitrogens is 3. The third-order valence-electron chi connectivity index (χ3n) is 5.07. The largest absolute Gasteiger partial charge is 0.490 e. The highest BCUT2D eigenvalue weighted by Crippen LogP contribution is 2.31. The monoisotopic (exact) mass is 411 g/mol. The van der Waals surface area contributed by atoms with Crippen molar-refractivity contribution >= 4 is 0 Å². The van der Waals surface area contributed by atoms with Crippen molar-refractivity contribution in [3.8, 4) is 28.6 Å². The maximum Gasteiger partial charge on any atom is 0.259 e. The first kappa shape index (κ1) is 21.9. The van der Waals surface area contributed by atoms with Crippen molar-refractivity contribution in [1.29, 1.82) is 0 Å². The first-order valence-electron chi connectivity index (χ1n) is 10.4. The highest BCUT2D eigenvalue weighted by Gasteiger charge is 2.16. The van der Waals surface area contributed by atoms with Crippen LogP contribution in [0.2, 0.25) is 0 Å². The fourth-order valence-corrected chi connectivity index (χ4v) is 3.42. The Morgan fingerprint density at radius 3 is 2.43 bits per heavy atom. The highest BCUT2D eigenvalue weighted by atomic mass is 16.5. The minimum Gasteiger partial charge on any atom is -0.490 e. The van der Waals surface area contributed by atoms with Crippen LogP contribution in [0.5, 0.6) is 5.75 Å². The molecule has 2 heterocycles. The maximum absolute atomic E-state index is 9.58. The topological polar surface area (TPSA) is 102 Å². The molecule has 0 aliphatic heterocycles. The van der Waals surface area contributed by atoms with Gasteiger partial charge >= 0.3 is 0 Å². The van der Waals surface area contributed by atoms with Gasteiger partial charge in [-0.25, -0.2) is 0 Å². The van der Waals surface area contributed by atoms with E-state index in [0.717, 1.165) is 47.2 Å². The summed E-state index contributed by atoms with van der Waals surface area (Å²) in [5.41, 5.74) is 5.81. The number of rotatable bonds is 9. The lowest BCUT2D eigenvalue weighted by atomic mass is 10.0. The van der Waals surface area contributed by atoms with Crippen LogP contribution >= 0.6 is 0 Å². The zero-order chi connectivity index (χ0) is 21.7. The molecule has 160 valence electrons. The van der Waals surface area contributed by atoms with Crippen LogP contribution in [0.25, 0.3) is 22.8 Å². The second-order valence-electron chi connectivity index (χ2n) is 7.24. The second kappa shape index (κ2) is 9.82. The molecule has 2 aromatic heterocycles. The standard InChI is InChI=1S/C23H29N3O4/c1-5-15-9-18(11-24-20(15)7-3)23-25-22(26-30-23)17-8-14(4)21(16(6-2)10-17)29-13-19(28)12-27/h8-11,19,27-28H,5-7,12-13H2,1-4H3/t19-/m0/s1. The van der Waals surface area contributed by atoms with Gasteiger partial charge in [-0.05, 0) is 61.1 Å². The van der Waals surface area contributed by atoms with Gasteiger partial charge in [0.1, 0.15) is 18.5 Å². The Morgan fingerprint density at radius 1 is 1.03 bits per heavy atom. The normalized spacial score (nSPS) is 12.2. The molecule has 0 spiro atoms. The Balaban J connectivity index is 1.90. The van der Waals surface area contributed by atoms with E-state index in [4.69, 9.17) is 14.4 Å². The first-order chi connectivity index (χ1) is 14.5. The molecule has 0 fully saturated rings. The van der Waals surface area contributed by atoms with Gasteiger partial charge in [-0.1, -0.05) is 25.9 Å². The molecule has 2 N–H and O–H groups in total. The summed E-state index contributed by atoms with van der Waals surface area (Å²) in [6.07, 6.45) is 3.40. The molecule has 3 rings (SSSR count). The van der Waals surface area contributed by atoms with E-state index in [2.05, 4.69) is 35.0 Å². The van der Waals surface area contributed by atoms with Crippen molar-refractivity contribution in [1.82, 2.24) is 15.1 Å². The van der Waals surface area contributed by atoms with Gasteiger partial charge in [0.2, 0.25) is 5.82 Å². The Labute approximate surface area is 176 Å². The van der Waals surface area contributed by atoms with Gasteiger partial charge in [0.05, 0.1) is 12.2 Å². The third-order valence-corrected chi connectivity index (χ3v) is 5.07. The van der Waals surface area contributed by atoms with Crippen molar-refractivity contribution in [2.45, 2.75) is 53.1 Å². The maximum atomic E-state index is 9.58. The molecule has 1 aromatic carbocycles. The van der Waals surface area contributed by atoms with Crippen LogP contribution in [0.15, 0.2) is 28.9 Å². The number of benzene rings is 1. The molecular weight excluding hydrogens is 382 g/mol. The quantitative estimate of drug-likeness (QED) is 0.555. The zero-order valence-corrected chi connectivity index (χ0v) is 18.0. The van der Waals surface area contributed by atoms with Gasteiger partial charge in [-0.2, -0.15) is 4.98 Å². The summed E-state index contributed by atoms with van der Waals surface area (Å²) in [4.78, 5) is 9.12. The lowest BCUT2D eigenvalue weighted by Crippen LogP contribution is -2.22. The Morgan fingerprint density at radius 2 is 1.77 bits per heavy atom. The predicted molar refractivity (Wildman–Crippen MR) is 114 cm³/mol. The summed E-state index contributed by atoms with van der Waals surface area (Å²) in [5.74, 6) is 1.66. The number of hydrogen-bond donors (Lipinski definition) is 2. The van der Waals surface area contributed by atoms with Crippen molar-refractivity contribution in [3.05, 3.63) is 46.8 Å². The number of pyridine rings is 1. The molecule has 1 atom stereocenters. The van der Waals surface area contributed by atoms with Crippen LogP contribution in [0.4, 0.5) is 0 Å². The molecule has 0 amide bonds. The number of aliphatic hydroxyl groups is 2. The van der Waals surface area contributed by atoms with Gasteiger partial charge in [0, 0.05) is 17.5 Å². The van der Waals surface area contributed by atoms with E-state index in [-0.39, 0.29) is 13.2 Å². The predicted octanol–water partition coefficient (Wildman–Crippen LogP) is 3.53. The van der Waals surface area contributed by atoms with E-state index < -0.39 is 6.10 Å². The fraction of sp³-hybridized carbons (Fsp3) is 0.435. The smallest absolute Gasteiger partial charge is 0.259 e. The van der Waals surface area contributed by atoms with Crippen molar-refractivity contribution in [2.24, 2.45) is 0 Å². The number of aryl methyl sites for hydroxylation is 4. The molecule has 0 saturated heterocycles. The van der Waals surface area contributed by atoms with E-state index in [0.29, 0.717) is 17.5 Å². The summed E-state index contributed by atoms with van der Waals surface area (Å²) in [7, 11) is 0. The molecule has 0 bridgehead atoms. The number of nitrogens with zero attached hydrogens (tertiary/aromatic N) is 3.